The van der Waals surface area contributed by atoms with Gasteiger partial charge in [-0.1, -0.05) is 55.6 Å². The molecule has 0 saturated heterocycles. The van der Waals surface area contributed by atoms with Gasteiger partial charge in [-0.3, -0.25) is 0 Å². The molecule has 0 saturated carbocycles. The fourth-order valence-corrected chi connectivity index (χ4v) is 2.47. The van der Waals surface area contributed by atoms with Gasteiger partial charge in [0, 0.05) is 16.7 Å². The van der Waals surface area contributed by atoms with Crippen LogP contribution in [0.5, 0.6) is 5.75 Å². The van der Waals surface area contributed by atoms with E-state index < -0.39 is 14.2 Å². The van der Waals surface area contributed by atoms with Crippen LogP contribution in [-0.4, -0.2) is 18.3 Å². The molecule has 0 aromatic heterocycles. The summed E-state index contributed by atoms with van der Waals surface area (Å²) in [6, 6.07) is 14.2. The summed E-state index contributed by atoms with van der Waals surface area (Å²) >= 11 is 0. The van der Waals surface area contributed by atoms with Crippen molar-refractivity contribution in [3.8, 4) is 29.1 Å². The molecule has 0 heterocycles. The van der Waals surface area contributed by atoms with Crippen molar-refractivity contribution in [3.63, 3.8) is 0 Å². The number of phenolic OH excluding ortho intramolecular Hbond substituents is 1. The maximum atomic E-state index is 10.3. The quantitative estimate of drug-likeness (QED) is 0.621. The van der Waals surface area contributed by atoms with Gasteiger partial charge in [-0.25, -0.2) is 0 Å². The molecule has 0 fully saturated rings. The van der Waals surface area contributed by atoms with E-state index in [1.54, 1.807) is 24.3 Å². The first-order valence-electron chi connectivity index (χ1n) is 7.46. The molecular formula is C20H20O2Si. The minimum absolute atomic E-state index is 0.216. The number of aromatic hydroxyl groups is 1. The van der Waals surface area contributed by atoms with E-state index in [0.717, 1.165) is 16.7 Å². The molecule has 0 bridgehead atoms. The van der Waals surface area contributed by atoms with Crippen LogP contribution in [0.15, 0.2) is 48.5 Å². The average molecular weight is 320 g/mol. The summed E-state index contributed by atoms with van der Waals surface area (Å²) in [6.07, 6.45) is -0.827. The zero-order chi connectivity index (χ0) is 16.9. The minimum Gasteiger partial charge on any atom is -0.508 e. The molecule has 2 aromatic rings. The molecule has 0 aliphatic heterocycles. The summed E-state index contributed by atoms with van der Waals surface area (Å²) in [5.74, 6) is 9.29. The normalized spacial score (nSPS) is 11.7. The van der Waals surface area contributed by atoms with Gasteiger partial charge in [0.1, 0.15) is 19.9 Å². The van der Waals surface area contributed by atoms with Crippen LogP contribution in [-0.2, 0) is 0 Å². The number of rotatable bonds is 1. The highest BCUT2D eigenvalue weighted by molar-refractivity contribution is 6.83. The first-order chi connectivity index (χ1) is 10.8. The number of aliphatic hydroxyl groups excluding tert-OH is 1. The zero-order valence-corrected chi connectivity index (χ0v) is 14.6. The van der Waals surface area contributed by atoms with E-state index >= 15 is 0 Å². The van der Waals surface area contributed by atoms with E-state index in [0.29, 0.717) is 0 Å². The van der Waals surface area contributed by atoms with Crippen LogP contribution in [0, 0.1) is 23.3 Å². The first-order valence-corrected chi connectivity index (χ1v) is 11.0. The molecule has 0 spiro atoms. The predicted molar refractivity (Wildman–Crippen MR) is 96.6 cm³/mol. The molecule has 23 heavy (non-hydrogen) atoms. The number of phenols is 1. The third-order valence-electron chi connectivity index (χ3n) is 3.05. The second-order valence-electron chi connectivity index (χ2n) is 6.31. The third-order valence-corrected chi connectivity index (χ3v) is 3.94. The van der Waals surface area contributed by atoms with E-state index in [9.17, 15) is 10.2 Å². The van der Waals surface area contributed by atoms with Gasteiger partial charge in [0.05, 0.1) is 0 Å². The van der Waals surface area contributed by atoms with Crippen molar-refractivity contribution >= 4 is 8.07 Å². The number of hydrogen-bond donors (Lipinski definition) is 2. The van der Waals surface area contributed by atoms with Crippen LogP contribution in [0.2, 0.25) is 19.6 Å². The van der Waals surface area contributed by atoms with Crippen molar-refractivity contribution in [2.75, 3.05) is 0 Å². The molecule has 3 heteroatoms. The van der Waals surface area contributed by atoms with Gasteiger partial charge >= 0.3 is 0 Å². The standard InChI is InChI=1S/C20H20O2Si/c1-23(2,3)15-14-20(22)19-7-5-4-6-17(19)11-8-16-9-12-18(21)13-10-16/h4-7,9-10,12-13,20-22H,1-3H3. The van der Waals surface area contributed by atoms with Crippen LogP contribution in [0.1, 0.15) is 22.8 Å². The largest absolute Gasteiger partial charge is 0.508 e. The maximum absolute atomic E-state index is 10.3. The Morgan fingerprint density at radius 2 is 1.57 bits per heavy atom. The molecule has 1 atom stereocenters. The van der Waals surface area contributed by atoms with Gasteiger partial charge in [0.15, 0.2) is 0 Å². The number of hydrogen-bond acceptors (Lipinski definition) is 2. The summed E-state index contributed by atoms with van der Waals surface area (Å²) in [5, 5.41) is 19.6. The Hall–Kier alpha value is -2.46. The van der Waals surface area contributed by atoms with Gasteiger partial charge in [-0.05, 0) is 30.3 Å². The molecule has 0 amide bonds. The fourth-order valence-electron chi connectivity index (χ4n) is 1.90. The highest BCUT2D eigenvalue weighted by atomic mass is 28.3. The van der Waals surface area contributed by atoms with Gasteiger partial charge < -0.3 is 10.2 Å². The van der Waals surface area contributed by atoms with Crippen LogP contribution < -0.4 is 0 Å². The van der Waals surface area contributed by atoms with Crippen molar-refractivity contribution in [2.45, 2.75) is 25.7 Å². The van der Waals surface area contributed by atoms with Crippen molar-refractivity contribution in [1.29, 1.82) is 0 Å². The van der Waals surface area contributed by atoms with E-state index in [2.05, 4.69) is 42.9 Å². The Balaban J connectivity index is 2.31. The highest BCUT2D eigenvalue weighted by Crippen LogP contribution is 2.17. The monoisotopic (exact) mass is 320 g/mol. The van der Waals surface area contributed by atoms with Crippen LogP contribution in [0.3, 0.4) is 0 Å². The summed E-state index contributed by atoms with van der Waals surface area (Å²) in [5.41, 5.74) is 5.48. The molecule has 2 aromatic carbocycles. The zero-order valence-electron chi connectivity index (χ0n) is 13.6. The molecule has 0 radical (unpaired) electrons. The summed E-state index contributed by atoms with van der Waals surface area (Å²) in [7, 11) is -1.53. The van der Waals surface area contributed by atoms with E-state index in [4.69, 9.17) is 0 Å². The van der Waals surface area contributed by atoms with E-state index in [-0.39, 0.29) is 5.75 Å². The Labute approximate surface area is 138 Å². The lowest BCUT2D eigenvalue weighted by Crippen LogP contribution is -2.17. The lowest BCUT2D eigenvalue weighted by molar-refractivity contribution is 0.238. The molecule has 116 valence electrons. The Kier molecular flexibility index (Phi) is 5.29. The molecular weight excluding hydrogens is 300 g/mol. The molecule has 2 nitrogen and oxygen atoms in total. The second-order valence-corrected chi connectivity index (χ2v) is 11.1. The van der Waals surface area contributed by atoms with Crippen molar-refractivity contribution in [1.82, 2.24) is 0 Å². The molecule has 2 N–H and O–H groups in total. The van der Waals surface area contributed by atoms with Crippen LogP contribution in [0.25, 0.3) is 0 Å². The Morgan fingerprint density at radius 1 is 0.913 bits per heavy atom. The Morgan fingerprint density at radius 3 is 2.22 bits per heavy atom. The third kappa shape index (κ3) is 5.34. The van der Waals surface area contributed by atoms with E-state index in [1.807, 2.05) is 24.3 Å². The first kappa shape index (κ1) is 16.9. The van der Waals surface area contributed by atoms with Gasteiger partial charge in [0.2, 0.25) is 0 Å². The minimum atomic E-state index is -1.53. The predicted octanol–water partition coefficient (Wildman–Crippen LogP) is 3.71. The topological polar surface area (TPSA) is 40.5 Å². The molecule has 2 rings (SSSR count). The Bertz CT molecular complexity index is 794. The lowest BCUT2D eigenvalue weighted by atomic mass is 10.0. The van der Waals surface area contributed by atoms with Crippen molar-refractivity contribution in [2.24, 2.45) is 0 Å². The van der Waals surface area contributed by atoms with Crippen LogP contribution in [0.4, 0.5) is 0 Å². The van der Waals surface area contributed by atoms with Gasteiger partial charge in [-0.15, -0.1) is 5.54 Å². The number of benzene rings is 2. The summed E-state index contributed by atoms with van der Waals surface area (Å²) in [4.78, 5) is 0. The SMILES string of the molecule is C[Si](C)(C)C#CC(O)c1ccccc1C#Cc1ccc(O)cc1. The van der Waals surface area contributed by atoms with Gasteiger partial charge in [0.25, 0.3) is 0 Å². The molecule has 0 aliphatic carbocycles. The second kappa shape index (κ2) is 7.20. The molecule has 0 aliphatic rings. The average Bonchev–Trinajstić information content (AvgIpc) is 2.52. The number of aliphatic hydroxyl groups is 1. The van der Waals surface area contributed by atoms with Gasteiger partial charge in [-0.2, -0.15) is 0 Å². The lowest BCUT2D eigenvalue weighted by Gasteiger charge is -2.09. The smallest absolute Gasteiger partial charge is 0.140 e. The summed E-state index contributed by atoms with van der Waals surface area (Å²) in [6.45, 7) is 6.43. The molecule has 1 unspecified atom stereocenters. The van der Waals surface area contributed by atoms with E-state index in [1.165, 1.54) is 0 Å². The van der Waals surface area contributed by atoms with Crippen LogP contribution >= 0.6 is 0 Å². The van der Waals surface area contributed by atoms with Crippen molar-refractivity contribution < 1.29 is 10.2 Å². The summed E-state index contributed by atoms with van der Waals surface area (Å²) < 4.78 is 0. The van der Waals surface area contributed by atoms with Crippen molar-refractivity contribution in [3.05, 3.63) is 65.2 Å². The fraction of sp³-hybridized carbons (Fsp3) is 0.200. The highest BCUT2D eigenvalue weighted by Gasteiger charge is 2.11. The maximum Gasteiger partial charge on any atom is 0.140 e.